The average Bonchev–Trinajstić information content (AvgIpc) is 3.53. The first-order valence-electron chi connectivity index (χ1n) is 9.02. The maximum Gasteiger partial charge on any atom is 0.254 e. The van der Waals surface area contributed by atoms with Gasteiger partial charge in [0.25, 0.3) is 5.91 Å². The molecule has 7 heteroatoms. The van der Waals surface area contributed by atoms with Gasteiger partial charge in [0.05, 0.1) is 24.3 Å². The van der Waals surface area contributed by atoms with Gasteiger partial charge in [0.1, 0.15) is 0 Å². The Kier molecular flexibility index (Phi) is 5.17. The van der Waals surface area contributed by atoms with Crippen LogP contribution in [-0.4, -0.2) is 52.8 Å². The van der Waals surface area contributed by atoms with Crippen molar-refractivity contribution in [3.05, 3.63) is 42.5 Å². The SMILES string of the molecule is O=C(NC1COCCC1OCC1CC1)c1cnc(-c2cccnc2)nc1. The molecule has 7 nitrogen and oxygen atoms in total. The van der Waals surface area contributed by atoms with Gasteiger partial charge >= 0.3 is 0 Å². The predicted molar refractivity (Wildman–Crippen MR) is 94.4 cm³/mol. The molecule has 2 atom stereocenters. The number of carbonyl (C=O) groups excluding carboxylic acids is 1. The Morgan fingerprint density at radius 2 is 2.08 bits per heavy atom. The van der Waals surface area contributed by atoms with Gasteiger partial charge in [-0.05, 0) is 37.3 Å². The van der Waals surface area contributed by atoms with E-state index in [1.165, 1.54) is 25.2 Å². The van der Waals surface area contributed by atoms with Gasteiger partial charge in [-0.25, -0.2) is 9.97 Å². The van der Waals surface area contributed by atoms with Crippen molar-refractivity contribution in [3.63, 3.8) is 0 Å². The van der Waals surface area contributed by atoms with Crippen LogP contribution in [0, 0.1) is 5.92 Å². The van der Waals surface area contributed by atoms with E-state index in [0.717, 1.165) is 18.6 Å². The summed E-state index contributed by atoms with van der Waals surface area (Å²) in [6, 6.07) is 3.56. The van der Waals surface area contributed by atoms with Gasteiger partial charge in [0.15, 0.2) is 5.82 Å². The summed E-state index contributed by atoms with van der Waals surface area (Å²) in [7, 11) is 0. The maximum absolute atomic E-state index is 12.5. The van der Waals surface area contributed by atoms with Crippen molar-refractivity contribution in [3.8, 4) is 11.4 Å². The van der Waals surface area contributed by atoms with E-state index in [4.69, 9.17) is 9.47 Å². The van der Waals surface area contributed by atoms with Crippen LogP contribution < -0.4 is 5.32 Å². The van der Waals surface area contributed by atoms with E-state index in [1.807, 2.05) is 12.1 Å². The number of carbonyl (C=O) groups is 1. The number of ether oxygens (including phenoxy) is 2. The Bertz CT molecular complexity index is 734. The zero-order valence-electron chi connectivity index (χ0n) is 14.5. The van der Waals surface area contributed by atoms with E-state index in [9.17, 15) is 4.79 Å². The molecule has 0 spiro atoms. The van der Waals surface area contributed by atoms with Crippen LogP contribution in [0.25, 0.3) is 11.4 Å². The second-order valence-electron chi connectivity index (χ2n) is 6.80. The summed E-state index contributed by atoms with van der Waals surface area (Å²) in [5.41, 5.74) is 1.23. The summed E-state index contributed by atoms with van der Waals surface area (Å²) in [6.45, 7) is 1.92. The Hall–Kier alpha value is -2.38. The lowest BCUT2D eigenvalue weighted by Gasteiger charge is -2.32. The minimum Gasteiger partial charge on any atom is -0.379 e. The molecule has 2 aromatic heterocycles. The van der Waals surface area contributed by atoms with Crippen molar-refractivity contribution in [2.75, 3.05) is 19.8 Å². The lowest BCUT2D eigenvalue weighted by molar-refractivity contribution is -0.0567. The molecule has 2 unspecified atom stereocenters. The standard InChI is InChI=1S/C19H22N4O3/c24-19(15-9-21-18(22-10-15)14-2-1-6-20-8-14)23-16-12-25-7-5-17(16)26-11-13-3-4-13/h1-2,6,8-10,13,16-17H,3-5,7,11-12H2,(H,23,24). The third-order valence-electron chi connectivity index (χ3n) is 4.69. The smallest absolute Gasteiger partial charge is 0.254 e. The van der Waals surface area contributed by atoms with Crippen molar-refractivity contribution >= 4 is 5.91 Å². The Morgan fingerprint density at radius 1 is 1.23 bits per heavy atom. The monoisotopic (exact) mass is 354 g/mol. The van der Waals surface area contributed by atoms with Crippen LogP contribution in [0.4, 0.5) is 0 Å². The fourth-order valence-electron chi connectivity index (χ4n) is 2.94. The molecule has 4 rings (SSSR count). The highest BCUT2D eigenvalue weighted by molar-refractivity contribution is 5.94. The fourth-order valence-corrected chi connectivity index (χ4v) is 2.94. The third kappa shape index (κ3) is 4.23. The van der Waals surface area contributed by atoms with Gasteiger partial charge in [0, 0.05) is 43.6 Å². The highest BCUT2D eigenvalue weighted by Gasteiger charge is 2.31. The zero-order chi connectivity index (χ0) is 17.8. The first-order valence-corrected chi connectivity index (χ1v) is 9.02. The molecule has 2 fully saturated rings. The van der Waals surface area contributed by atoms with Crippen molar-refractivity contribution in [1.29, 1.82) is 0 Å². The first-order chi connectivity index (χ1) is 12.8. The molecule has 1 saturated carbocycles. The minimum absolute atomic E-state index is 0.00360. The maximum atomic E-state index is 12.5. The van der Waals surface area contributed by atoms with Gasteiger partial charge in [-0.15, -0.1) is 0 Å². The van der Waals surface area contributed by atoms with Crippen molar-refractivity contribution < 1.29 is 14.3 Å². The molecule has 26 heavy (non-hydrogen) atoms. The topological polar surface area (TPSA) is 86.2 Å². The number of pyridine rings is 1. The lowest BCUT2D eigenvalue weighted by Crippen LogP contribution is -2.50. The van der Waals surface area contributed by atoms with Gasteiger partial charge < -0.3 is 14.8 Å². The second kappa shape index (κ2) is 7.88. The molecule has 1 aliphatic heterocycles. The summed E-state index contributed by atoms with van der Waals surface area (Å²) in [5, 5.41) is 3.01. The Labute approximate surface area is 152 Å². The number of nitrogens with one attached hydrogen (secondary N) is 1. The quantitative estimate of drug-likeness (QED) is 0.852. The number of rotatable bonds is 6. The molecule has 2 aliphatic rings. The van der Waals surface area contributed by atoms with E-state index in [1.54, 1.807) is 12.4 Å². The van der Waals surface area contributed by atoms with Crippen molar-refractivity contribution in [1.82, 2.24) is 20.3 Å². The molecule has 0 radical (unpaired) electrons. The predicted octanol–water partition coefficient (Wildman–Crippen LogP) is 1.85. The average molecular weight is 354 g/mol. The van der Waals surface area contributed by atoms with E-state index in [-0.39, 0.29) is 18.1 Å². The second-order valence-corrected chi connectivity index (χ2v) is 6.80. The molecule has 1 N–H and O–H groups in total. The number of hydrogen-bond donors (Lipinski definition) is 1. The van der Waals surface area contributed by atoms with Gasteiger partial charge in [-0.1, -0.05) is 0 Å². The van der Waals surface area contributed by atoms with E-state index in [0.29, 0.717) is 30.5 Å². The molecular formula is C19H22N4O3. The summed E-state index contributed by atoms with van der Waals surface area (Å²) in [6.07, 6.45) is 9.76. The van der Waals surface area contributed by atoms with E-state index >= 15 is 0 Å². The van der Waals surface area contributed by atoms with Crippen LogP contribution in [0.5, 0.6) is 0 Å². The first kappa shape index (κ1) is 17.1. The van der Waals surface area contributed by atoms with Crippen LogP contribution in [0.1, 0.15) is 29.6 Å². The Morgan fingerprint density at radius 3 is 2.81 bits per heavy atom. The van der Waals surface area contributed by atoms with Crippen LogP contribution in [0.3, 0.4) is 0 Å². The van der Waals surface area contributed by atoms with Crippen molar-refractivity contribution in [2.24, 2.45) is 5.92 Å². The third-order valence-corrected chi connectivity index (χ3v) is 4.69. The number of aromatic nitrogens is 3. The van der Waals surface area contributed by atoms with E-state index in [2.05, 4.69) is 20.3 Å². The van der Waals surface area contributed by atoms with Gasteiger partial charge in [0.2, 0.25) is 0 Å². The minimum atomic E-state index is -0.210. The number of nitrogens with zero attached hydrogens (tertiary/aromatic N) is 3. The molecule has 136 valence electrons. The highest BCUT2D eigenvalue weighted by atomic mass is 16.5. The Balaban J connectivity index is 1.38. The zero-order valence-corrected chi connectivity index (χ0v) is 14.5. The van der Waals surface area contributed by atoms with E-state index < -0.39 is 0 Å². The molecule has 2 aromatic rings. The highest BCUT2D eigenvalue weighted by Crippen LogP contribution is 2.30. The largest absolute Gasteiger partial charge is 0.379 e. The number of amides is 1. The van der Waals surface area contributed by atoms with Crippen molar-refractivity contribution in [2.45, 2.75) is 31.4 Å². The number of hydrogen-bond acceptors (Lipinski definition) is 6. The molecule has 1 amide bonds. The van der Waals surface area contributed by atoms with Crippen LogP contribution in [0.2, 0.25) is 0 Å². The molecule has 3 heterocycles. The van der Waals surface area contributed by atoms with Crippen LogP contribution in [0.15, 0.2) is 36.9 Å². The summed E-state index contributed by atoms with van der Waals surface area (Å²) in [4.78, 5) is 25.1. The molecule has 0 bridgehead atoms. The van der Waals surface area contributed by atoms with Crippen LogP contribution >= 0.6 is 0 Å². The molecule has 1 aliphatic carbocycles. The van der Waals surface area contributed by atoms with Crippen LogP contribution in [-0.2, 0) is 9.47 Å². The molecule has 1 saturated heterocycles. The van der Waals surface area contributed by atoms with Gasteiger partial charge in [-0.3, -0.25) is 9.78 Å². The summed E-state index contributed by atoms with van der Waals surface area (Å²) >= 11 is 0. The summed E-state index contributed by atoms with van der Waals surface area (Å²) in [5.74, 6) is 1.03. The lowest BCUT2D eigenvalue weighted by atomic mass is 10.1. The van der Waals surface area contributed by atoms with Gasteiger partial charge in [-0.2, -0.15) is 0 Å². The molecule has 0 aromatic carbocycles. The normalized spacial score (nSPS) is 22.8. The molecular weight excluding hydrogens is 332 g/mol. The summed E-state index contributed by atoms with van der Waals surface area (Å²) < 4.78 is 11.5. The fraction of sp³-hybridized carbons (Fsp3) is 0.474.